The zero-order valence-corrected chi connectivity index (χ0v) is 16.7. The van der Waals surface area contributed by atoms with Gasteiger partial charge in [0, 0.05) is 6.08 Å². The Morgan fingerprint density at radius 2 is 1.67 bits per heavy atom. The van der Waals surface area contributed by atoms with E-state index in [1.165, 1.54) is 29.3 Å². The van der Waals surface area contributed by atoms with Gasteiger partial charge in [0.1, 0.15) is 11.6 Å². The molecule has 2 N–H and O–H groups in total. The number of hydrogen-bond acceptors (Lipinski definition) is 2. The Hall–Kier alpha value is -3.66. The first-order chi connectivity index (χ1) is 14.5. The second-order valence-electron chi connectivity index (χ2n) is 7.24. The molecule has 0 spiro atoms. The van der Waals surface area contributed by atoms with Crippen LogP contribution in [0, 0.1) is 5.82 Å². The predicted octanol–water partition coefficient (Wildman–Crippen LogP) is 5.24. The van der Waals surface area contributed by atoms with Crippen molar-refractivity contribution in [2.75, 3.05) is 7.11 Å². The van der Waals surface area contributed by atoms with Crippen molar-refractivity contribution in [1.82, 2.24) is 0 Å². The van der Waals surface area contributed by atoms with Crippen molar-refractivity contribution in [2.24, 2.45) is 5.73 Å². The lowest BCUT2D eigenvalue weighted by Crippen LogP contribution is -2.07. The number of aryl methyl sites for hydroxylation is 1. The van der Waals surface area contributed by atoms with Crippen molar-refractivity contribution < 1.29 is 13.9 Å². The van der Waals surface area contributed by atoms with Gasteiger partial charge in [-0.3, -0.25) is 4.79 Å². The number of hydrogen-bond donors (Lipinski definition) is 1. The highest BCUT2D eigenvalue weighted by molar-refractivity contribution is 6.01. The third kappa shape index (κ3) is 4.03. The van der Waals surface area contributed by atoms with E-state index in [2.05, 4.69) is 12.1 Å². The van der Waals surface area contributed by atoms with Crippen LogP contribution in [0.15, 0.2) is 72.8 Å². The quantitative estimate of drug-likeness (QED) is 0.597. The molecule has 0 radical (unpaired) electrons. The highest BCUT2D eigenvalue weighted by Crippen LogP contribution is 2.41. The predicted molar refractivity (Wildman–Crippen MR) is 118 cm³/mol. The van der Waals surface area contributed by atoms with E-state index in [0.717, 1.165) is 46.4 Å². The highest BCUT2D eigenvalue weighted by atomic mass is 19.1. The summed E-state index contributed by atoms with van der Waals surface area (Å²) < 4.78 is 18.9. The van der Waals surface area contributed by atoms with Crippen LogP contribution in [-0.4, -0.2) is 13.0 Å². The van der Waals surface area contributed by atoms with Gasteiger partial charge >= 0.3 is 0 Å². The first-order valence-corrected chi connectivity index (χ1v) is 9.79. The average molecular weight is 399 g/mol. The Balaban J connectivity index is 1.85. The maximum absolute atomic E-state index is 13.5. The molecule has 1 aliphatic carbocycles. The zero-order chi connectivity index (χ0) is 21.1. The molecule has 0 atom stereocenters. The standard InChI is InChI=1S/C26H22FNO2/c1-30-22-12-14-24-20(16-22)9-13-23(18-7-10-21(27)11-8-18)26(24)19-5-2-17(3-6-19)4-15-25(28)29/h2-8,10-12,14-16H,9,13H2,1H3,(H2,28,29). The molecule has 0 saturated carbocycles. The fraction of sp³-hybridized carbons (Fsp3) is 0.115. The lowest BCUT2D eigenvalue weighted by Gasteiger charge is -2.25. The Bertz CT molecular complexity index is 1140. The van der Waals surface area contributed by atoms with Crippen LogP contribution in [0.5, 0.6) is 5.75 Å². The Morgan fingerprint density at radius 3 is 2.33 bits per heavy atom. The van der Waals surface area contributed by atoms with Crippen molar-refractivity contribution in [1.29, 1.82) is 0 Å². The summed E-state index contributed by atoms with van der Waals surface area (Å²) in [7, 11) is 1.67. The number of carbonyl (C=O) groups is 1. The molecule has 4 rings (SSSR count). The van der Waals surface area contributed by atoms with Crippen LogP contribution in [0.25, 0.3) is 17.2 Å². The Morgan fingerprint density at radius 1 is 0.967 bits per heavy atom. The number of methoxy groups -OCH3 is 1. The molecule has 30 heavy (non-hydrogen) atoms. The van der Waals surface area contributed by atoms with Crippen molar-refractivity contribution in [2.45, 2.75) is 12.8 Å². The van der Waals surface area contributed by atoms with Gasteiger partial charge in [-0.25, -0.2) is 4.39 Å². The molecule has 0 saturated heterocycles. The number of carbonyl (C=O) groups excluding carboxylic acids is 1. The van der Waals surface area contributed by atoms with Crippen molar-refractivity contribution in [3.63, 3.8) is 0 Å². The number of halogens is 1. The molecule has 3 nitrogen and oxygen atoms in total. The van der Waals surface area contributed by atoms with Gasteiger partial charge in [-0.05, 0) is 82.1 Å². The van der Waals surface area contributed by atoms with Crippen LogP contribution in [0.4, 0.5) is 4.39 Å². The zero-order valence-electron chi connectivity index (χ0n) is 16.7. The minimum absolute atomic E-state index is 0.243. The molecule has 0 heterocycles. The summed E-state index contributed by atoms with van der Waals surface area (Å²) in [5.41, 5.74) is 12.9. The lowest BCUT2D eigenvalue weighted by molar-refractivity contribution is -0.113. The van der Waals surface area contributed by atoms with Gasteiger partial charge < -0.3 is 10.5 Å². The monoisotopic (exact) mass is 399 g/mol. The van der Waals surface area contributed by atoms with Crippen LogP contribution in [0.3, 0.4) is 0 Å². The van der Waals surface area contributed by atoms with E-state index in [-0.39, 0.29) is 5.82 Å². The van der Waals surface area contributed by atoms with E-state index >= 15 is 0 Å². The summed E-state index contributed by atoms with van der Waals surface area (Å²) in [4.78, 5) is 11.0. The second kappa shape index (κ2) is 8.37. The van der Waals surface area contributed by atoms with Crippen LogP contribution in [-0.2, 0) is 11.2 Å². The van der Waals surface area contributed by atoms with Gasteiger partial charge in [-0.2, -0.15) is 0 Å². The lowest BCUT2D eigenvalue weighted by atomic mass is 9.79. The molecule has 0 aliphatic heterocycles. The summed E-state index contributed by atoms with van der Waals surface area (Å²) >= 11 is 0. The molecule has 1 amide bonds. The van der Waals surface area contributed by atoms with E-state index in [1.54, 1.807) is 13.2 Å². The summed E-state index contributed by atoms with van der Waals surface area (Å²) in [6.45, 7) is 0. The summed E-state index contributed by atoms with van der Waals surface area (Å²) in [5.74, 6) is 0.119. The van der Waals surface area contributed by atoms with E-state index in [4.69, 9.17) is 10.5 Å². The number of rotatable bonds is 5. The van der Waals surface area contributed by atoms with Crippen molar-refractivity contribution >= 4 is 23.1 Å². The molecular formula is C26H22FNO2. The van der Waals surface area contributed by atoms with Gasteiger partial charge in [0.15, 0.2) is 0 Å². The van der Waals surface area contributed by atoms with E-state index in [9.17, 15) is 9.18 Å². The maximum Gasteiger partial charge on any atom is 0.241 e. The smallest absolute Gasteiger partial charge is 0.241 e. The largest absolute Gasteiger partial charge is 0.497 e. The number of ether oxygens (including phenoxy) is 1. The molecule has 0 unspecified atom stereocenters. The summed E-state index contributed by atoms with van der Waals surface area (Å²) in [5, 5.41) is 0. The molecule has 0 fully saturated rings. The molecule has 4 heteroatoms. The van der Waals surface area contributed by atoms with Crippen LogP contribution in [0.2, 0.25) is 0 Å². The van der Waals surface area contributed by atoms with Crippen LogP contribution in [0.1, 0.15) is 34.2 Å². The first kappa shape index (κ1) is 19.6. The second-order valence-corrected chi connectivity index (χ2v) is 7.24. The van der Waals surface area contributed by atoms with E-state index in [0.29, 0.717) is 0 Å². The fourth-order valence-corrected chi connectivity index (χ4v) is 3.90. The van der Waals surface area contributed by atoms with Gasteiger partial charge in [-0.15, -0.1) is 0 Å². The van der Waals surface area contributed by atoms with Crippen LogP contribution < -0.4 is 10.5 Å². The van der Waals surface area contributed by atoms with Crippen molar-refractivity contribution in [3.8, 4) is 5.75 Å². The average Bonchev–Trinajstić information content (AvgIpc) is 2.77. The minimum atomic E-state index is -0.476. The summed E-state index contributed by atoms with van der Waals surface area (Å²) in [6.07, 6.45) is 4.79. The van der Waals surface area contributed by atoms with E-state index in [1.807, 2.05) is 42.5 Å². The van der Waals surface area contributed by atoms with Crippen molar-refractivity contribution in [3.05, 3.63) is 106 Å². The number of primary amides is 1. The minimum Gasteiger partial charge on any atom is -0.497 e. The Kier molecular flexibility index (Phi) is 5.48. The number of nitrogens with two attached hydrogens (primary N) is 1. The molecule has 0 aromatic heterocycles. The normalized spacial score (nSPS) is 13.4. The molecule has 0 bridgehead atoms. The number of benzene rings is 3. The van der Waals surface area contributed by atoms with Gasteiger partial charge in [0.25, 0.3) is 0 Å². The molecule has 3 aromatic carbocycles. The maximum atomic E-state index is 13.5. The number of allylic oxidation sites excluding steroid dienone is 1. The Labute approximate surface area is 175 Å². The number of amides is 1. The van der Waals surface area contributed by atoms with Gasteiger partial charge in [0.2, 0.25) is 5.91 Å². The molecule has 150 valence electrons. The molecule has 1 aliphatic rings. The summed E-state index contributed by atoms with van der Waals surface area (Å²) in [6, 6.07) is 20.8. The molecule has 3 aromatic rings. The topological polar surface area (TPSA) is 52.3 Å². The van der Waals surface area contributed by atoms with Gasteiger partial charge in [0.05, 0.1) is 7.11 Å². The molecular weight excluding hydrogens is 377 g/mol. The van der Waals surface area contributed by atoms with Gasteiger partial charge in [-0.1, -0.05) is 42.5 Å². The first-order valence-electron chi connectivity index (χ1n) is 9.79. The third-order valence-electron chi connectivity index (χ3n) is 5.36. The van der Waals surface area contributed by atoms with Crippen LogP contribution >= 0.6 is 0 Å². The van der Waals surface area contributed by atoms with E-state index < -0.39 is 5.91 Å². The third-order valence-corrected chi connectivity index (χ3v) is 5.36. The SMILES string of the molecule is COc1ccc2c(c1)CCC(c1ccc(F)cc1)=C2c1ccc(C=CC(N)=O)cc1. The fourth-order valence-electron chi connectivity index (χ4n) is 3.90. The highest BCUT2D eigenvalue weighted by Gasteiger charge is 2.22. The number of fused-ring (bicyclic) bond motifs is 1.